The number of hydrogen-bond donors (Lipinski definition) is 1. The molecule has 1 aliphatic rings. The highest BCUT2D eigenvalue weighted by atomic mass is 16.5. The van der Waals surface area contributed by atoms with Crippen LogP contribution in [0, 0.1) is 0 Å². The molecule has 0 aromatic rings. The van der Waals surface area contributed by atoms with E-state index in [-0.39, 0.29) is 5.60 Å². The molecule has 0 aromatic carbocycles. The molecule has 0 aliphatic carbocycles. The fourth-order valence-electron chi connectivity index (χ4n) is 1.60. The van der Waals surface area contributed by atoms with Gasteiger partial charge in [-0.25, -0.2) is 0 Å². The summed E-state index contributed by atoms with van der Waals surface area (Å²) in [5.41, 5.74) is 1.33. The number of rotatable bonds is 2. The van der Waals surface area contributed by atoms with Gasteiger partial charge in [-0.3, -0.25) is 0 Å². The van der Waals surface area contributed by atoms with Crippen LogP contribution < -0.4 is 5.32 Å². The number of methoxy groups -OCH3 is 1. The summed E-state index contributed by atoms with van der Waals surface area (Å²) in [7, 11) is 1.79. The molecular formula is C9H17NO. The maximum absolute atomic E-state index is 5.52. The summed E-state index contributed by atoms with van der Waals surface area (Å²) in [5.74, 6) is 0. The monoisotopic (exact) mass is 155 g/mol. The molecule has 1 atom stereocenters. The molecule has 0 spiro atoms. The Morgan fingerprint density at radius 3 is 2.73 bits per heavy atom. The first-order chi connectivity index (χ1) is 5.25. The Hall–Kier alpha value is -0.340. The molecule has 2 nitrogen and oxygen atoms in total. The molecule has 0 saturated carbocycles. The van der Waals surface area contributed by atoms with Crippen molar-refractivity contribution in [2.24, 2.45) is 0 Å². The number of hydrogen-bond acceptors (Lipinski definition) is 2. The molecule has 1 heterocycles. The van der Waals surface area contributed by atoms with Gasteiger partial charge in [0.1, 0.15) is 5.60 Å². The Balaban J connectivity index is 2.74. The predicted molar refractivity (Wildman–Crippen MR) is 46.7 cm³/mol. The van der Waals surface area contributed by atoms with Crippen molar-refractivity contribution < 1.29 is 4.74 Å². The van der Waals surface area contributed by atoms with Crippen LogP contribution in [0.5, 0.6) is 0 Å². The van der Waals surface area contributed by atoms with Gasteiger partial charge in [-0.1, -0.05) is 6.08 Å². The Kier molecular flexibility index (Phi) is 2.68. The molecular weight excluding hydrogens is 138 g/mol. The maximum Gasteiger partial charge on any atom is 0.102 e. The van der Waals surface area contributed by atoms with E-state index in [1.165, 1.54) is 5.57 Å². The van der Waals surface area contributed by atoms with Crippen LogP contribution >= 0.6 is 0 Å². The highest BCUT2D eigenvalue weighted by Gasteiger charge is 2.34. The fraction of sp³-hybridized carbons (Fsp3) is 0.778. The summed E-state index contributed by atoms with van der Waals surface area (Å²) in [4.78, 5) is 0. The lowest BCUT2D eigenvalue weighted by atomic mass is 9.93. The zero-order valence-electron chi connectivity index (χ0n) is 7.61. The van der Waals surface area contributed by atoms with Crippen molar-refractivity contribution in [1.82, 2.24) is 5.32 Å². The van der Waals surface area contributed by atoms with E-state index in [2.05, 4.69) is 25.2 Å². The van der Waals surface area contributed by atoms with Gasteiger partial charge < -0.3 is 10.1 Å². The highest BCUT2D eigenvalue weighted by molar-refractivity contribution is 5.17. The van der Waals surface area contributed by atoms with Crippen LogP contribution in [0.2, 0.25) is 0 Å². The third kappa shape index (κ3) is 1.47. The molecule has 1 rings (SSSR count). The Bertz CT molecular complexity index is 157. The first kappa shape index (κ1) is 8.75. The number of nitrogens with one attached hydrogen (secondary N) is 1. The van der Waals surface area contributed by atoms with Gasteiger partial charge >= 0.3 is 0 Å². The average Bonchev–Trinajstić information content (AvgIpc) is 2.52. The zero-order valence-corrected chi connectivity index (χ0v) is 7.61. The predicted octanol–water partition coefficient (Wildman–Crippen LogP) is 1.33. The number of ether oxygens (including phenoxy) is 1. The molecule has 0 aromatic heterocycles. The largest absolute Gasteiger partial charge is 0.373 e. The minimum atomic E-state index is -0.00521. The van der Waals surface area contributed by atoms with Crippen LogP contribution in [0.1, 0.15) is 20.3 Å². The van der Waals surface area contributed by atoms with Gasteiger partial charge in [0.2, 0.25) is 0 Å². The quantitative estimate of drug-likeness (QED) is 0.607. The van der Waals surface area contributed by atoms with Crippen LogP contribution in [0.25, 0.3) is 0 Å². The third-order valence-electron chi connectivity index (χ3n) is 2.66. The van der Waals surface area contributed by atoms with Crippen LogP contribution in [-0.2, 0) is 4.74 Å². The summed E-state index contributed by atoms with van der Waals surface area (Å²) < 4.78 is 5.52. The highest BCUT2D eigenvalue weighted by Crippen LogP contribution is 2.27. The summed E-state index contributed by atoms with van der Waals surface area (Å²) in [6, 6.07) is 0. The van der Waals surface area contributed by atoms with Crippen molar-refractivity contribution in [3.05, 3.63) is 11.6 Å². The second kappa shape index (κ2) is 3.37. The molecule has 1 aliphatic heterocycles. The Morgan fingerprint density at radius 2 is 2.36 bits per heavy atom. The second-order valence-corrected chi connectivity index (χ2v) is 3.10. The van der Waals surface area contributed by atoms with Gasteiger partial charge in [0.25, 0.3) is 0 Å². The SMILES string of the molecule is C/C=C(/C)C1(OC)CCNC1. The lowest BCUT2D eigenvalue weighted by Crippen LogP contribution is -2.35. The van der Waals surface area contributed by atoms with E-state index < -0.39 is 0 Å². The van der Waals surface area contributed by atoms with Crippen molar-refractivity contribution >= 4 is 0 Å². The normalized spacial score (nSPS) is 32.8. The molecule has 2 heteroatoms. The summed E-state index contributed by atoms with van der Waals surface area (Å²) in [5, 5.41) is 3.31. The van der Waals surface area contributed by atoms with Crippen LogP contribution in [0.4, 0.5) is 0 Å². The fourth-order valence-corrected chi connectivity index (χ4v) is 1.60. The minimum absolute atomic E-state index is 0.00521. The second-order valence-electron chi connectivity index (χ2n) is 3.10. The van der Waals surface area contributed by atoms with E-state index in [1.54, 1.807) is 7.11 Å². The Labute approximate surface area is 68.6 Å². The Morgan fingerprint density at radius 1 is 1.64 bits per heavy atom. The van der Waals surface area contributed by atoms with E-state index in [4.69, 9.17) is 4.74 Å². The molecule has 1 unspecified atom stereocenters. The van der Waals surface area contributed by atoms with Crippen LogP contribution in [0.15, 0.2) is 11.6 Å². The van der Waals surface area contributed by atoms with Crippen molar-refractivity contribution in [3.8, 4) is 0 Å². The van der Waals surface area contributed by atoms with E-state index in [9.17, 15) is 0 Å². The molecule has 0 amide bonds. The molecule has 1 N–H and O–H groups in total. The lowest BCUT2D eigenvalue weighted by Gasteiger charge is -2.27. The minimum Gasteiger partial charge on any atom is -0.373 e. The standard InChI is InChI=1S/C9H17NO/c1-4-8(2)9(11-3)5-6-10-7-9/h4,10H,5-7H2,1-3H3/b8-4-. The van der Waals surface area contributed by atoms with Crippen LogP contribution in [-0.4, -0.2) is 25.8 Å². The molecule has 64 valence electrons. The first-order valence-corrected chi connectivity index (χ1v) is 4.14. The van der Waals surface area contributed by atoms with Gasteiger partial charge in [-0.05, 0) is 32.4 Å². The van der Waals surface area contributed by atoms with Crippen LogP contribution in [0.3, 0.4) is 0 Å². The molecule has 11 heavy (non-hydrogen) atoms. The van der Waals surface area contributed by atoms with Gasteiger partial charge in [0.05, 0.1) is 0 Å². The van der Waals surface area contributed by atoms with E-state index >= 15 is 0 Å². The topological polar surface area (TPSA) is 21.3 Å². The van der Waals surface area contributed by atoms with Crippen molar-refractivity contribution in [2.75, 3.05) is 20.2 Å². The lowest BCUT2D eigenvalue weighted by molar-refractivity contribution is 0.0395. The molecule has 1 fully saturated rings. The summed E-state index contributed by atoms with van der Waals surface area (Å²) >= 11 is 0. The zero-order chi connectivity index (χ0) is 8.32. The molecule has 0 radical (unpaired) electrons. The van der Waals surface area contributed by atoms with Gasteiger partial charge in [-0.2, -0.15) is 0 Å². The van der Waals surface area contributed by atoms with Crippen molar-refractivity contribution in [3.63, 3.8) is 0 Å². The summed E-state index contributed by atoms with van der Waals surface area (Å²) in [6.45, 7) is 6.23. The smallest absolute Gasteiger partial charge is 0.102 e. The van der Waals surface area contributed by atoms with Gasteiger partial charge in [0, 0.05) is 13.7 Å². The van der Waals surface area contributed by atoms with E-state index in [1.807, 2.05) is 0 Å². The van der Waals surface area contributed by atoms with Crippen molar-refractivity contribution in [1.29, 1.82) is 0 Å². The van der Waals surface area contributed by atoms with E-state index in [0.29, 0.717) is 0 Å². The van der Waals surface area contributed by atoms with Crippen molar-refractivity contribution in [2.45, 2.75) is 25.9 Å². The number of allylic oxidation sites excluding steroid dienone is 1. The first-order valence-electron chi connectivity index (χ1n) is 4.14. The molecule has 1 saturated heterocycles. The molecule has 0 bridgehead atoms. The maximum atomic E-state index is 5.52. The summed E-state index contributed by atoms with van der Waals surface area (Å²) in [6.07, 6.45) is 3.23. The van der Waals surface area contributed by atoms with Gasteiger partial charge in [0.15, 0.2) is 0 Å². The van der Waals surface area contributed by atoms with E-state index in [0.717, 1.165) is 19.5 Å². The average molecular weight is 155 g/mol. The third-order valence-corrected chi connectivity index (χ3v) is 2.66. The van der Waals surface area contributed by atoms with Gasteiger partial charge in [-0.15, -0.1) is 0 Å².